The highest BCUT2D eigenvalue weighted by Gasteiger charge is 2.28. The molecule has 1 amide bonds. The number of unbranched alkanes of at least 4 members (excludes halogenated alkanes) is 39. The highest BCUT2D eigenvalue weighted by atomic mass is 31.2. The smallest absolute Gasteiger partial charge is 0.391 e. The van der Waals surface area contributed by atoms with Gasteiger partial charge >= 0.3 is 7.82 Å². The number of phosphoric ester groups is 1. The summed E-state index contributed by atoms with van der Waals surface area (Å²) in [5.74, 6) is -0.138. The molecular formula is C54H112N2O6P+. The summed E-state index contributed by atoms with van der Waals surface area (Å²) in [4.78, 5) is 23.2. The van der Waals surface area contributed by atoms with E-state index in [0.29, 0.717) is 23.9 Å². The van der Waals surface area contributed by atoms with E-state index in [1.54, 1.807) is 0 Å². The van der Waals surface area contributed by atoms with E-state index in [9.17, 15) is 19.4 Å². The second kappa shape index (κ2) is 46.6. The molecule has 0 aliphatic carbocycles. The second-order valence-electron chi connectivity index (χ2n) is 20.7. The summed E-state index contributed by atoms with van der Waals surface area (Å²) in [5.41, 5.74) is 0. The Hall–Kier alpha value is -0.500. The third-order valence-electron chi connectivity index (χ3n) is 13.1. The molecule has 0 saturated heterocycles. The summed E-state index contributed by atoms with van der Waals surface area (Å²) >= 11 is 0. The Morgan fingerprint density at radius 2 is 0.762 bits per heavy atom. The number of carbonyl (C=O) groups excluding carboxylic acids is 1. The molecule has 378 valence electrons. The number of nitrogens with zero attached hydrogens (tertiary/aromatic N) is 1. The fourth-order valence-corrected chi connectivity index (χ4v) is 9.43. The molecule has 0 aliphatic rings. The summed E-state index contributed by atoms with van der Waals surface area (Å²) in [6.45, 7) is 4.92. The molecule has 0 aromatic rings. The van der Waals surface area contributed by atoms with Crippen molar-refractivity contribution in [2.24, 2.45) is 0 Å². The van der Waals surface area contributed by atoms with E-state index in [1.165, 1.54) is 225 Å². The Bertz CT molecular complexity index is 994. The zero-order chi connectivity index (χ0) is 46.4. The lowest BCUT2D eigenvalue weighted by Gasteiger charge is -2.26. The van der Waals surface area contributed by atoms with Gasteiger partial charge in [0.05, 0.1) is 39.9 Å². The number of amides is 1. The average molecular weight is 916 g/mol. The van der Waals surface area contributed by atoms with Crippen LogP contribution in [0.1, 0.15) is 290 Å². The first-order chi connectivity index (χ1) is 30.5. The van der Waals surface area contributed by atoms with Crippen LogP contribution < -0.4 is 5.32 Å². The van der Waals surface area contributed by atoms with Crippen molar-refractivity contribution >= 4 is 13.7 Å². The van der Waals surface area contributed by atoms with Crippen LogP contribution in [0.4, 0.5) is 0 Å². The normalized spacial score (nSPS) is 14.0. The molecular weight excluding hydrogens is 804 g/mol. The third kappa shape index (κ3) is 49.2. The Morgan fingerprint density at radius 1 is 0.476 bits per heavy atom. The van der Waals surface area contributed by atoms with Crippen molar-refractivity contribution in [2.75, 3.05) is 40.9 Å². The zero-order valence-corrected chi connectivity index (χ0v) is 44.0. The van der Waals surface area contributed by atoms with Crippen LogP contribution >= 0.6 is 7.82 Å². The van der Waals surface area contributed by atoms with E-state index in [2.05, 4.69) is 19.2 Å². The SMILES string of the molecule is CCCCCCCCCCCCCCCCCCCCCCCCCCCCCCCC(=O)N[C@@H](COP(=O)(O)OCC[N+](C)(C)C)[C@H](O)CCCCCCCCCCCCCC. The highest BCUT2D eigenvalue weighted by molar-refractivity contribution is 7.47. The van der Waals surface area contributed by atoms with E-state index in [1.807, 2.05) is 21.1 Å². The first-order valence-corrected chi connectivity index (χ1v) is 29.4. The number of aliphatic hydroxyl groups excluding tert-OH is 1. The maximum absolute atomic E-state index is 12.9. The van der Waals surface area contributed by atoms with Gasteiger partial charge in [-0.15, -0.1) is 0 Å². The van der Waals surface area contributed by atoms with Gasteiger partial charge in [0.1, 0.15) is 13.2 Å². The van der Waals surface area contributed by atoms with Crippen LogP contribution in [0.25, 0.3) is 0 Å². The highest BCUT2D eigenvalue weighted by Crippen LogP contribution is 2.43. The van der Waals surface area contributed by atoms with Gasteiger partial charge in [0.25, 0.3) is 0 Å². The number of rotatable bonds is 52. The number of hydrogen-bond donors (Lipinski definition) is 3. The van der Waals surface area contributed by atoms with Crippen LogP contribution in [-0.4, -0.2) is 73.4 Å². The number of phosphoric acid groups is 1. The van der Waals surface area contributed by atoms with Crippen molar-refractivity contribution < 1.29 is 32.9 Å². The first kappa shape index (κ1) is 62.5. The second-order valence-corrected chi connectivity index (χ2v) is 22.1. The lowest BCUT2D eigenvalue weighted by atomic mass is 10.0. The van der Waals surface area contributed by atoms with E-state index < -0.39 is 20.0 Å². The topological polar surface area (TPSA) is 105 Å². The molecule has 3 atom stereocenters. The lowest BCUT2D eigenvalue weighted by molar-refractivity contribution is -0.870. The van der Waals surface area contributed by atoms with Crippen LogP contribution in [0.15, 0.2) is 0 Å². The number of quaternary nitrogens is 1. The number of carbonyl (C=O) groups is 1. The molecule has 8 nitrogen and oxygen atoms in total. The number of aliphatic hydroxyl groups is 1. The van der Waals surface area contributed by atoms with Crippen LogP contribution in [-0.2, 0) is 18.4 Å². The molecule has 0 aliphatic heterocycles. The molecule has 0 aromatic carbocycles. The molecule has 1 unspecified atom stereocenters. The van der Waals surface area contributed by atoms with Crippen molar-refractivity contribution in [2.45, 2.75) is 302 Å². The Morgan fingerprint density at radius 3 is 1.06 bits per heavy atom. The third-order valence-corrected chi connectivity index (χ3v) is 14.1. The molecule has 0 saturated carbocycles. The average Bonchev–Trinajstić information content (AvgIpc) is 3.24. The van der Waals surface area contributed by atoms with Gasteiger partial charge in [0.15, 0.2) is 0 Å². The molecule has 0 bridgehead atoms. The fraction of sp³-hybridized carbons (Fsp3) is 0.981. The van der Waals surface area contributed by atoms with Gasteiger partial charge in [-0.05, 0) is 12.8 Å². The van der Waals surface area contributed by atoms with Crippen molar-refractivity contribution in [3.8, 4) is 0 Å². The summed E-state index contributed by atoms with van der Waals surface area (Å²) in [5, 5.41) is 14.0. The monoisotopic (exact) mass is 916 g/mol. The number of hydrogen-bond acceptors (Lipinski definition) is 5. The van der Waals surface area contributed by atoms with Crippen LogP contribution in [0.5, 0.6) is 0 Å². The number of nitrogens with one attached hydrogen (secondary N) is 1. The molecule has 0 heterocycles. The molecule has 0 radical (unpaired) electrons. The summed E-state index contributed by atoms with van der Waals surface area (Å²) in [6.07, 6.45) is 54.5. The maximum atomic E-state index is 12.9. The van der Waals surface area contributed by atoms with Gasteiger partial charge in [0, 0.05) is 6.42 Å². The van der Waals surface area contributed by atoms with E-state index in [0.717, 1.165) is 38.5 Å². The van der Waals surface area contributed by atoms with Gasteiger partial charge in [-0.25, -0.2) is 4.57 Å². The quantitative estimate of drug-likeness (QED) is 0.0319. The van der Waals surface area contributed by atoms with Gasteiger partial charge in [-0.1, -0.05) is 271 Å². The summed E-state index contributed by atoms with van der Waals surface area (Å²) in [6, 6.07) is -0.753. The van der Waals surface area contributed by atoms with Crippen molar-refractivity contribution in [1.29, 1.82) is 0 Å². The molecule has 9 heteroatoms. The number of likely N-dealkylation sites (N-methyl/N-ethyl adjacent to an activating group) is 1. The maximum Gasteiger partial charge on any atom is 0.472 e. The molecule has 0 spiro atoms. The minimum Gasteiger partial charge on any atom is -0.391 e. The van der Waals surface area contributed by atoms with Crippen LogP contribution in [0.2, 0.25) is 0 Å². The molecule has 0 rings (SSSR count). The lowest BCUT2D eigenvalue weighted by Crippen LogP contribution is -2.46. The molecule has 63 heavy (non-hydrogen) atoms. The largest absolute Gasteiger partial charge is 0.472 e. The Balaban J connectivity index is 3.98. The molecule has 0 fully saturated rings. The predicted octanol–water partition coefficient (Wildman–Crippen LogP) is 16.5. The van der Waals surface area contributed by atoms with Gasteiger partial charge in [-0.3, -0.25) is 13.8 Å². The Kier molecular flexibility index (Phi) is 46.2. The van der Waals surface area contributed by atoms with E-state index in [4.69, 9.17) is 9.05 Å². The van der Waals surface area contributed by atoms with E-state index in [-0.39, 0.29) is 19.1 Å². The minimum absolute atomic E-state index is 0.0788. The minimum atomic E-state index is -4.31. The summed E-state index contributed by atoms with van der Waals surface area (Å²) in [7, 11) is 1.63. The van der Waals surface area contributed by atoms with E-state index >= 15 is 0 Å². The summed E-state index contributed by atoms with van der Waals surface area (Å²) < 4.78 is 23.7. The Labute approximate surface area is 393 Å². The van der Waals surface area contributed by atoms with Gasteiger partial charge < -0.3 is 19.8 Å². The van der Waals surface area contributed by atoms with Gasteiger partial charge in [-0.2, -0.15) is 0 Å². The zero-order valence-electron chi connectivity index (χ0n) is 43.1. The molecule has 0 aromatic heterocycles. The van der Waals surface area contributed by atoms with Crippen molar-refractivity contribution in [3.05, 3.63) is 0 Å². The van der Waals surface area contributed by atoms with Crippen molar-refractivity contribution in [1.82, 2.24) is 5.32 Å². The predicted molar refractivity (Wildman–Crippen MR) is 272 cm³/mol. The van der Waals surface area contributed by atoms with Gasteiger partial charge in [0.2, 0.25) is 5.91 Å². The standard InChI is InChI=1S/C54H111N2O6P/c1-6-8-10-12-14-16-18-20-21-22-23-24-25-26-27-28-29-30-31-32-33-34-35-36-38-40-42-44-46-48-54(58)55-52(51-62-63(59,60)61-50-49-56(3,4)5)53(57)47-45-43-41-39-37-19-17-15-13-11-9-7-2/h52-53,57H,6-51H2,1-5H3,(H-,55,58,59,60)/p+1/t52-,53+/m0/s1. The fourth-order valence-electron chi connectivity index (χ4n) is 8.70. The van der Waals surface area contributed by atoms with Crippen molar-refractivity contribution in [3.63, 3.8) is 0 Å². The van der Waals surface area contributed by atoms with Crippen LogP contribution in [0.3, 0.4) is 0 Å². The first-order valence-electron chi connectivity index (χ1n) is 27.9. The molecule has 3 N–H and O–H groups in total. The van der Waals surface area contributed by atoms with Crippen LogP contribution in [0, 0.1) is 0 Å².